The van der Waals surface area contributed by atoms with Crippen LogP contribution in [0.25, 0.3) is 0 Å². The van der Waals surface area contributed by atoms with Gasteiger partial charge in [0.1, 0.15) is 0 Å². The van der Waals surface area contributed by atoms with Crippen molar-refractivity contribution in [2.24, 2.45) is 0 Å². The zero-order valence-electron chi connectivity index (χ0n) is 9.53. The van der Waals surface area contributed by atoms with Gasteiger partial charge in [0.15, 0.2) is 6.10 Å². The molecule has 0 heterocycles. The van der Waals surface area contributed by atoms with Crippen LogP contribution in [0.15, 0.2) is 30.3 Å². The van der Waals surface area contributed by atoms with Gasteiger partial charge in [0.2, 0.25) is 0 Å². The number of hydrogen-bond acceptors (Lipinski definition) is 4. The molecule has 0 saturated carbocycles. The monoisotopic (exact) mass is 258 g/mol. The van der Waals surface area contributed by atoms with E-state index in [2.05, 4.69) is 4.18 Å². The van der Waals surface area contributed by atoms with Crippen LogP contribution >= 0.6 is 0 Å². The van der Waals surface area contributed by atoms with E-state index in [4.69, 9.17) is 5.11 Å². The molecule has 0 spiro atoms. The van der Waals surface area contributed by atoms with Crippen LogP contribution in [-0.4, -0.2) is 31.9 Å². The molecule has 0 aliphatic carbocycles. The highest BCUT2D eigenvalue weighted by Crippen LogP contribution is 2.22. The van der Waals surface area contributed by atoms with E-state index in [1.807, 2.05) is 0 Å². The summed E-state index contributed by atoms with van der Waals surface area (Å²) in [5, 5.41) is 8.98. The molecule has 1 N–H and O–H groups in total. The molecule has 2 unspecified atom stereocenters. The smallest absolute Gasteiger partial charge is 0.335 e. The van der Waals surface area contributed by atoms with E-state index in [-0.39, 0.29) is 0 Å². The molecule has 0 amide bonds. The molecule has 0 fully saturated rings. The fourth-order valence-electron chi connectivity index (χ4n) is 1.46. The van der Waals surface area contributed by atoms with Gasteiger partial charge in [-0.25, -0.2) is 4.79 Å². The summed E-state index contributed by atoms with van der Waals surface area (Å²) >= 11 is 0. The first kappa shape index (κ1) is 13.7. The number of aliphatic carboxylic acids is 1. The Morgan fingerprint density at radius 3 is 2.24 bits per heavy atom. The van der Waals surface area contributed by atoms with Gasteiger partial charge in [-0.1, -0.05) is 37.3 Å². The Balaban J connectivity index is 2.97. The second kappa shape index (κ2) is 5.29. The highest BCUT2D eigenvalue weighted by molar-refractivity contribution is 7.86. The second-order valence-electron chi connectivity index (χ2n) is 3.76. The maximum atomic E-state index is 11.0. The Labute approximate surface area is 100 Å². The number of hydrogen-bond donors (Lipinski definition) is 1. The summed E-state index contributed by atoms with van der Waals surface area (Å²) in [5.74, 6) is -1.85. The quantitative estimate of drug-likeness (QED) is 0.803. The van der Waals surface area contributed by atoms with E-state index in [9.17, 15) is 13.2 Å². The molecule has 0 aliphatic heterocycles. The first-order valence-electron chi connectivity index (χ1n) is 4.97. The first-order valence-corrected chi connectivity index (χ1v) is 6.79. The van der Waals surface area contributed by atoms with Gasteiger partial charge in [-0.3, -0.25) is 4.18 Å². The van der Waals surface area contributed by atoms with E-state index in [1.165, 1.54) is 0 Å². The minimum Gasteiger partial charge on any atom is -0.479 e. The van der Waals surface area contributed by atoms with Crippen molar-refractivity contribution in [2.75, 3.05) is 6.26 Å². The van der Waals surface area contributed by atoms with Crippen LogP contribution < -0.4 is 0 Å². The number of carboxylic acids is 1. The van der Waals surface area contributed by atoms with Crippen LogP contribution in [0.5, 0.6) is 0 Å². The van der Waals surface area contributed by atoms with Gasteiger partial charge >= 0.3 is 5.97 Å². The number of benzene rings is 1. The van der Waals surface area contributed by atoms with Gasteiger partial charge in [-0.2, -0.15) is 8.42 Å². The predicted octanol–water partition coefficient (Wildman–Crippen LogP) is 1.22. The summed E-state index contributed by atoms with van der Waals surface area (Å²) in [6, 6.07) is 8.76. The lowest BCUT2D eigenvalue weighted by Gasteiger charge is -2.19. The summed E-state index contributed by atoms with van der Waals surface area (Å²) < 4.78 is 26.6. The van der Waals surface area contributed by atoms with Crippen LogP contribution in [0.3, 0.4) is 0 Å². The molecule has 5 nitrogen and oxygen atoms in total. The molecule has 1 rings (SSSR count). The highest BCUT2D eigenvalue weighted by atomic mass is 32.2. The van der Waals surface area contributed by atoms with Crippen molar-refractivity contribution < 1.29 is 22.5 Å². The Hall–Kier alpha value is -1.40. The average Bonchev–Trinajstić information content (AvgIpc) is 2.25. The summed E-state index contributed by atoms with van der Waals surface area (Å²) in [4.78, 5) is 11.0. The molecule has 17 heavy (non-hydrogen) atoms. The van der Waals surface area contributed by atoms with Crippen LogP contribution in [0.2, 0.25) is 0 Å². The van der Waals surface area contributed by atoms with Crippen LogP contribution in [0.4, 0.5) is 0 Å². The third-order valence-corrected chi connectivity index (χ3v) is 2.86. The standard InChI is InChI=1S/C11H14O5S/c1-8(9-6-4-3-5-7-9)10(11(12)13)16-17(2,14)15/h3-8,10H,1-2H3,(H,12,13). The van der Waals surface area contributed by atoms with Crippen LogP contribution in [0, 0.1) is 0 Å². The minimum atomic E-state index is -3.80. The van der Waals surface area contributed by atoms with Gasteiger partial charge in [-0.15, -0.1) is 0 Å². The van der Waals surface area contributed by atoms with E-state index < -0.39 is 28.1 Å². The Morgan fingerprint density at radius 2 is 1.82 bits per heavy atom. The Morgan fingerprint density at radius 1 is 1.29 bits per heavy atom. The topological polar surface area (TPSA) is 80.7 Å². The van der Waals surface area contributed by atoms with E-state index in [0.29, 0.717) is 5.56 Å². The lowest BCUT2D eigenvalue weighted by Crippen LogP contribution is -2.31. The van der Waals surface area contributed by atoms with Gasteiger partial charge < -0.3 is 5.11 Å². The largest absolute Gasteiger partial charge is 0.479 e. The summed E-state index contributed by atoms with van der Waals surface area (Å²) in [6.07, 6.45) is -0.576. The zero-order valence-corrected chi connectivity index (χ0v) is 10.3. The molecule has 2 atom stereocenters. The van der Waals surface area contributed by atoms with Crippen LogP contribution in [0.1, 0.15) is 18.4 Å². The number of carboxylic acid groups (broad SMARTS) is 1. The first-order chi connectivity index (χ1) is 7.81. The highest BCUT2D eigenvalue weighted by Gasteiger charge is 2.30. The summed E-state index contributed by atoms with van der Waals surface area (Å²) in [6.45, 7) is 1.61. The third-order valence-electron chi connectivity index (χ3n) is 2.30. The lowest BCUT2D eigenvalue weighted by molar-refractivity contribution is -0.145. The molecule has 0 saturated heterocycles. The number of rotatable bonds is 5. The number of carbonyl (C=O) groups is 1. The van der Waals surface area contributed by atoms with Crippen molar-refractivity contribution in [3.8, 4) is 0 Å². The normalized spacial score (nSPS) is 15.2. The van der Waals surface area contributed by atoms with E-state index >= 15 is 0 Å². The molecule has 0 radical (unpaired) electrons. The van der Waals surface area contributed by atoms with Gasteiger partial charge in [-0.05, 0) is 5.56 Å². The van der Waals surface area contributed by atoms with Crippen molar-refractivity contribution in [3.05, 3.63) is 35.9 Å². The fraction of sp³-hybridized carbons (Fsp3) is 0.364. The Bertz CT molecular complexity index is 480. The van der Waals surface area contributed by atoms with Crippen LogP contribution in [-0.2, 0) is 19.1 Å². The van der Waals surface area contributed by atoms with Crippen molar-refractivity contribution in [1.29, 1.82) is 0 Å². The van der Waals surface area contributed by atoms with Gasteiger partial charge in [0.05, 0.1) is 6.26 Å². The summed E-state index contributed by atoms with van der Waals surface area (Å²) in [5.41, 5.74) is 0.712. The zero-order chi connectivity index (χ0) is 13.1. The molecule has 6 heteroatoms. The summed E-state index contributed by atoms with van der Waals surface area (Å²) in [7, 11) is -3.80. The molecule has 0 bridgehead atoms. The molecule has 1 aromatic carbocycles. The molecule has 0 aromatic heterocycles. The van der Waals surface area contributed by atoms with Crippen molar-refractivity contribution >= 4 is 16.1 Å². The Kier molecular flexibility index (Phi) is 4.25. The fourth-order valence-corrected chi connectivity index (χ4v) is 2.08. The van der Waals surface area contributed by atoms with E-state index in [0.717, 1.165) is 6.26 Å². The van der Waals surface area contributed by atoms with E-state index in [1.54, 1.807) is 37.3 Å². The maximum absolute atomic E-state index is 11.0. The van der Waals surface area contributed by atoms with Crippen molar-refractivity contribution in [3.63, 3.8) is 0 Å². The van der Waals surface area contributed by atoms with Crippen molar-refractivity contribution in [1.82, 2.24) is 0 Å². The molecule has 0 aliphatic rings. The van der Waals surface area contributed by atoms with Crippen molar-refractivity contribution in [2.45, 2.75) is 18.9 Å². The van der Waals surface area contributed by atoms with Gasteiger partial charge in [0.25, 0.3) is 10.1 Å². The lowest BCUT2D eigenvalue weighted by atomic mass is 9.96. The maximum Gasteiger partial charge on any atom is 0.335 e. The molecular formula is C11H14O5S. The molecular weight excluding hydrogens is 244 g/mol. The van der Waals surface area contributed by atoms with Gasteiger partial charge in [0, 0.05) is 5.92 Å². The average molecular weight is 258 g/mol. The molecule has 1 aromatic rings. The SMILES string of the molecule is CC(c1ccccc1)C(OS(C)(=O)=O)C(=O)O. The third kappa shape index (κ3) is 4.16. The molecule has 94 valence electrons. The second-order valence-corrected chi connectivity index (χ2v) is 5.36. The minimum absolute atomic E-state index is 0.552. The predicted molar refractivity (Wildman–Crippen MR) is 62.2 cm³/mol.